The van der Waals surface area contributed by atoms with E-state index >= 15 is 0 Å². The average Bonchev–Trinajstić information content (AvgIpc) is 3.18. The first kappa shape index (κ1) is 19.0. The fourth-order valence-corrected chi connectivity index (χ4v) is 3.79. The zero-order chi connectivity index (χ0) is 20.1. The van der Waals surface area contributed by atoms with Crippen LogP contribution in [0.15, 0.2) is 23.1 Å². The van der Waals surface area contributed by atoms with E-state index in [2.05, 4.69) is 10.1 Å². The third kappa shape index (κ3) is 3.42. The van der Waals surface area contributed by atoms with Crippen molar-refractivity contribution in [3.05, 3.63) is 45.4 Å². The number of aliphatic hydroxyl groups is 1. The standard InChI is InChI=1S/C17H18ClF2N5O3/c18-13-4-1-10(7-21-13)8-24-16(28)25-11(2-3-12(26)14(25)22-24)15(27)23-6-5-17(19,20)9-23/h1,4,7,11-12,26H,2-3,5-6,8-9H2/t11-,12-/m0/s1. The summed E-state index contributed by atoms with van der Waals surface area (Å²) in [5.41, 5.74) is 0.0894. The van der Waals surface area contributed by atoms with Gasteiger partial charge in [0.15, 0.2) is 5.82 Å². The van der Waals surface area contributed by atoms with Crippen LogP contribution in [-0.2, 0) is 11.3 Å². The van der Waals surface area contributed by atoms with Crippen molar-refractivity contribution in [1.29, 1.82) is 0 Å². The van der Waals surface area contributed by atoms with Crippen molar-refractivity contribution in [2.75, 3.05) is 13.1 Å². The molecule has 1 fully saturated rings. The largest absolute Gasteiger partial charge is 0.385 e. The molecule has 0 bridgehead atoms. The normalized spacial score (nSPS) is 23.6. The number of hydrogen-bond donors (Lipinski definition) is 1. The van der Waals surface area contributed by atoms with E-state index in [4.69, 9.17) is 11.6 Å². The van der Waals surface area contributed by atoms with Crippen molar-refractivity contribution in [3.63, 3.8) is 0 Å². The first-order valence-electron chi connectivity index (χ1n) is 8.89. The van der Waals surface area contributed by atoms with Crippen LogP contribution in [0, 0.1) is 0 Å². The molecule has 1 saturated heterocycles. The maximum atomic E-state index is 13.5. The topological polar surface area (TPSA) is 93.2 Å². The lowest BCUT2D eigenvalue weighted by Crippen LogP contribution is -2.43. The van der Waals surface area contributed by atoms with E-state index in [1.165, 1.54) is 6.20 Å². The zero-order valence-electron chi connectivity index (χ0n) is 14.8. The van der Waals surface area contributed by atoms with E-state index < -0.39 is 42.6 Å². The Bertz CT molecular complexity index is 959. The summed E-state index contributed by atoms with van der Waals surface area (Å²) >= 11 is 5.76. The lowest BCUT2D eigenvalue weighted by Gasteiger charge is -2.29. The number of aromatic nitrogens is 4. The number of halogens is 3. The Kier molecular flexibility index (Phi) is 4.70. The highest BCUT2D eigenvalue weighted by molar-refractivity contribution is 6.29. The van der Waals surface area contributed by atoms with Crippen molar-refractivity contribution in [2.45, 2.75) is 43.9 Å². The highest BCUT2D eigenvalue weighted by Gasteiger charge is 2.44. The number of likely N-dealkylation sites (tertiary alicyclic amines) is 1. The highest BCUT2D eigenvalue weighted by atomic mass is 35.5. The van der Waals surface area contributed by atoms with Crippen LogP contribution in [-0.4, -0.2) is 54.3 Å². The van der Waals surface area contributed by atoms with Crippen molar-refractivity contribution in [3.8, 4) is 0 Å². The maximum Gasteiger partial charge on any atom is 0.347 e. The predicted molar refractivity (Wildman–Crippen MR) is 94.2 cm³/mol. The SMILES string of the molecule is O=C([C@@H]1CC[C@H](O)c2nn(Cc3ccc(Cl)nc3)c(=O)n21)N1CCC(F)(F)C1. The molecular weight excluding hydrogens is 396 g/mol. The van der Waals surface area contributed by atoms with Crippen LogP contribution in [0.4, 0.5) is 8.78 Å². The second kappa shape index (κ2) is 6.93. The number of rotatable bonds is 3. The molecule has 2 aromatic rings. The quantitative estimate of drug-likeness (QED) is 0.767. The molecule has 11 heteroatoms. The third-order valence-corrected chi connectivity index (χ3v) is 5.33. The Hall–Kier alpha value is -2.33. The molecule has 150 valence electrons. The smallest absolute Gasteiger partial charge is 0.347 e. The van der Waals surface area contributed by atoms with E-state index in [9.17, 15) is 23.5 Å². The van der Waals surface area contributed by atoms with Crippen LogP contribution in [0.3, 0.4) is 0 Å². The van der Waals surface area contributed by atoms with Gasteiger partial charge in [0, 0.05) is 19.2 Å². The van der Waals surface area contributed by atoms with Gasteiger partial charge in [-0.3, -0.25) is 9.36 Å². The molecule has 0 saturated carbocycles. The summed E-state index contributed by atoms with van der Waals surface area (Å²) in [5, 5.41) is 14.7. The monoisotopic (exact) mass is 413 g/mol. The van der Waals surface area contributed by atoms with E-state index in [1.807, 2.05) is 0 Å². The minimum atomic E-state index is -2.91. The van der Waals surface area contributed by atoms with Crippen LogP contribution in [0.25, 0.3) is 0 Å². The van der Waals surface area contributed by atoms with Crippen LogP contribution in [0.2, 0.25) is 5.15 Å². The molecule has 2 aliphatic heterocycles. The molecule has 2 atom stereocenters. The molecule has 0 aromatic carbocycles. The summed E-state index contributed by atoms with van der Waals surface area (Å²) < 4.78 is 29.3. The molecule has 28 heavy (non-hydrogen) atoms. The van der Waals surface area contributed by atoms with Gasteiger partial charge in [-0.2, -0.15) is 5.10 Å². The molecule has 1 N–H and O–H groups in total. The second-order valence-electron chi connectivity index (χ2n) is 7.13. The molecule has 4 heterocycles. The summed E-state index contributed by atoms with van der Waals surface area (Å²) in [6.07, 6.45) is 0.515. The minimum absolute atomic E-state index is 0.0560. The number of carbonyl (C=O) groups is 1. The number of carbonyl (C=O) groups excluding carboxylic acids is 1. The third-order valence-electron chi connectivity index (χ3n) is 5.11. The Morgan fingerprint density at radius 1 is 1.36 bits per heavy atom. The first-order chi connectivity index (χ1) is 13.2. The molecule has 0 unspecified atom stereocenters. The van der Waals surface area contributed by atoms with E-state index in [-0.39, 0.29) is 31.8 Å². The van der Waals surface area contributed by atoms with E-state index in [1.54, 1.807) is 12.1 Å². The molecule has 8 nitrogen and oxygen atoms in total. The Labute approximate surface area is 163 Å². The maximum absolute atomic E-state index is 13.5. The number of alkyl halides is 2. The van der Waals surface area contributed by atoms with Gasteiger partial charge >= 0.3 is 5.69 Å². The van der Waals surface area contributed by atoms with Crippen LogP contribution in [0.5, 0.6) is 0 Å². The van der Waals surface area contributed by atoms with Crippen molar-refractivity contribution in [2.24, 2.45) is 0 Å². The summed E-state index contributed by atoms with van der Waals surface area (Å²) in [7, 11) is 0. The molecule has 2 aliphatic rings. The Morgan fingerprint density at radius 2 is 2.14 bits per heavy atom. The molecular formula is C17H18ClF2N5O3. The molecule has 4 rings (SSSR count). The summed E-state index contributed by atoms with van der Waals surface area (Å²) in [5.74, 6) is -3.38. The van der Waals surface area contributed by atoms with Crippen molar-refractivity contribution >= 4 is 17.5 Å². The van der Waals surface area contributed by atoms with Gasteiger partial charge in [-0.1, -0.05) is 17.7 Å². The number of hydrogen-bond acceptors (Lipinski definition) is 5. The molecule has 0 radical (unpaired) electrons. The van der Waals surface area contributed by atoms with Gasteiger partial charge < -0.3 is 10.0 Å². The Balaban J connectivity index is 1.65. The lowest BCUT2D eigenvalue weighted by molar-refractivity contribution is -0.136. The fraction of sp³-hybridized carbons (Fsp3) is 0.529. The van der Waals surface area contributed by atoms with Crippen LogP contribution >= 0.6 is 11.6 Å². The van der Waals surface area contributed by atoms with Crippen LogP contribution in [0.1, 0.15) is 42.8 Å². The fourth-order valence-electron chi connectivity index (χ4n) is 3.68. The van der Waals surface area contributed by atoms with Gasteiger partial charge in [0.1, 0.15) is 17.3 Å². The van der Waals surface area contributed by atoms with Crippen molar-refractivity contribution < 1.29 is 18.7 Å². The molecule has 1 amide bonds. The molecule has 0 spiro atoms. The van der Waals surface area contributed by atoms with Gasteiger partial charge in [-0.05, 0) is 24.5 Å². The lowest BCUT2D eigenvalue weighted by atomic mass is 10.0. The van der Waals surface area contributed by atoms with Crippen molar-refractivity contribution in [1.82, 2.24) is 24.2 Å². The number of pyridine rings is 1. The average molecular weight is 414 g/mol. The zero-order valence-corrected chi connectivity index (χ0v) is 15.5. The van der Waals surface area contributed by atoms with Gasteiger partial charge in [0.25, 0.3) is 5.92 Å². The van der Waals surface area contributed by atoms with Gasteiger partial charge in [-0.15, -0.1) is 0 Å². The summed E-state index contributed by atoms with van der Waals surface area (Å²) in [6, 6.07) is 2.31. The molecule has 0 aliphatic carbocycles. The van der Waals surface area contributed by atoms with E-state index in [0.717, 1.165) is 14.1 Å². The number of aliphatic hydroxyl groups excluding tert-OH is 1. The number of fused-ring (bicyclic) bond motifs is 1. The van der Waals surface area contributed by atoms with Crippen LogP contribution < -0.4 is 5.69 Å². The van der Waals surface area contributed by atoms with Gasteiger partial charge in [0.2, 0.25) is 5.91 Å². The number of nitrogens with zero attached hydrogens (tertiary/aromatic N) is 5. The first-order valence-corrected chi connectivity index (χ1v) is 9.27. The summed E-state index contributed by atoms with van der Waals surface area (Å²) in [6.45, 7) is -0.627. The minimum Gasteiger partial charge on any atom is -0.385 e. The van der Waals surface area contributed by atoms with E-state index in [0.29, 0.717) is 10.7 Å². The second-order valence-corrected chi connectivity index (χ2v) is 7.52. The summed E-state index contributed by atoms with van der Waals surface area (Å²) in [4.78, 5) is 30.7. The van der Waals surface area contributed by atoms with Gasteiger partial charge in [-0.25, -0.2) is 23.2 Å². The number of amides is 1. The highest BCUT2D eigenvalue weighted by Crippen LogP contribution is 2.33. The molecule has 2 aromatic heterocycles. The van der Waals surface area contributed by atoms with Gasteiger partial charge in [0.05, 0.1) is 13.1 Å². The Morgan fingerprint density at radius 3 is 2.79 bits per heavy atom. The predicted octanol–water partition coefficient (Wildman–Crippen LogP) is 1.38.